The summed E-state index contributed by atoms with van der Waals surface area (Å²) in [5.74, 6) is 0.509. The van der Waals surface area contributed by atoms with Crippen LogP contribution >= 0.6 is 0 Å². The van der Waals surface area contributed by atoms with E-state index in [0.29, 0.717) is 30.3 Å². The minimum Gasteiger partial charge on any atom is -0.352 e. The summed E-state index contributed by atoms with van der Waals surface area (Å²) < 4.78 is 0. The van der Waals surface area contributed by atoms with Gasteiger partial charge in [-0.05, 0) is 49.4 Å². The number of carbonyl (C=O) groups excluding carboxylic acids is 2. The number of rotatable bonds is 9. The summed E-state index contributed by atoms with van der Waals surface area (Å²) in [5, 5.41) is 5.72. The molecule has 0 bridgehead atoms. The fourth-order valence-corrected chi connectivity index (χ4v) is 3.47. The van der Waals surface area contributed by atoms with Crippen molar-refractivity contribution in [3.05, 3.63) is 65.7 Å². The lowest BCUT2D eigenvalue weighted by atomic mass is 9.85. The van der Waals surface area contributed by atoms with E-state index in [2.05, 4.69) is 27.7 Å². The molecular weight excluding hydrogens is 350 g/mol. The Kier molecular flexibility index (Phi) is 7.20. The summed E-state index contributed by atoms with van der Waals surface area (Å²) in [7, 11) is 0. The van der Waals surface area contributed by atoms with Gasteiger partial charge in [0.15, 0.2) is 0 Å². The quantitative estimate of drug-likeness (QED) is 0.699. The monoisotopic (exact) mass is 379 g/mol. The van der Waals surface area contributed by atoms with Crippen LogP contribution < -0.4 is 10.6 Å². The Morgan fingerprint density at radius 1 is 1.07 bits per heavy atom. The second-order valence-corrected chi connectivity index (χ2v) is 7.44. The van der Waals surface area contributed by atoms with Crippen LogP contribution in [0.25, 0.3) is 0 Å². The van der Waals surface area contributed by atoms with E-state index in [1.807, 2.05) is 31.2 Å². The third-order valence-electron chi connectivity index (χ3n) is 5.10. The maximum Gasteiger partial charge on any atom is 0.251 e. The Balaban J connectivity index is 1.61. The second-order valence-electron chi connectivity index (χ2n) is 7.44. The molecule has 2 aromatic carbocycles. The second kappa shape index (κ2) is 10.0. The fraction of sp³-hybridized carbons (Fsp3) is 0.391. The maximum atomic E-state index is 12.7. The van der Waals surface area contributed by atoms with Crippen LogP contribution in [0.5, 0.6) is 0 Å². The molecule has 148 valence electrons. The molecule has 0 aromatic heterocycles. The average Bonchev–Trinajstić information content (AvgIpc) is 2.66. The highest BCUT2D eigenvalue weighted by molar-refractivity contribution is 5.97. The molecule has 3 rings (SSSR count). The fourth-order valence-electron chi connectivity index (χ4n) is 3.47. The maximum absolute atomic E-state index is 12.7. The van der Waals surface area contributed by atoms with E-state index >= 15 is 0 Å². The molecule has 0 atom stereocenters. The normalized spacial score (nSPS) is 13.8. The van der Waals surface area contributed by atoms with Gasteiger partial charge in [-0.1, -0.05) is 42.8 Å². The van der Waals surface area contributed by atoms with Gasteiger partial charge in [-0.2, -0.15) is 0 Å². The molecule has 0 unspecified atom stereocenters. The third kappa shape index (κ3) is 5.92. The number of nitrogens with one attached hydrogen (secondary N) is 2. The van der Waals surface area contributed by atoms with E-state index < -0.39 is 0 Å². The van der Waals surface area contributed by atoms with Crippen molar-refractivity contribution in [2.75, 3.05) is 25.0 Å². The Morgan fingerprint density at radius 3 is 2.54 bits per heavy atom. The number of amides is 2. The van der Waals surface area contributed by atoms with Crippen molar-refractivity contribution in [3.8, 4) is 0 Å². The van der Waals surface area contributed by atoms with Gasteiger partial charge in [-0.3, -0.25) is 14.5 Å². The van der Waals surface area contributed by atoms with Crippen LogP contribution in [0.15, 0.2) is 54.6 Å². The number of benzene rings is 2. The van der Waals surface area contributed by atoms with Crippen molar-refractivity contribution in [1.29, 1.82) is 0 Å². The molecule has 0 aliphatic heterocycles. The summed E-state index contributed by atoms with van der Waals surface area (Å²) in [5.41, 5.74) is 2.42. The van der Waals surface area contributed by atoms with Crippen molar-refractivity contribution in [2.24, 2.45) is 5.92 Å². The van der Waals surface area contributed by atoms with Gasteiger partial charge >= 0.3 is 0 Å². The van der Waals surface area contributed by atoms with Crippen LogP contribution in [-0.2, 0) is 11.3 Å². The smallest absolute Gasteiger partial charge is 0.251 e. The van der Waals surface area contributed by atoms with Crippen molar-refractivity contribution in [2.45, 2.75) is 32.7 Å². The van der Waals surface area contributed by atoms with Crippen molar-refractivity contribution < 1.29 is 9.59 Å². The molecule has 2 aromatic rings. The van der Waals surface area contributed by atoms with E-state index in [1.165, 1.54) is 24.8 Å². The van der Waals surface area contributed by atoms with E-state index in [0.717, 1.165) is 13.1 Å². The Bertz CT molecular complexity index is 787. The average molecular weight is 380 g/mol. The predicted octanol–water partition coefficient (Wildman–Crippen LogP) is 3.68. The Hall–Kier alpha value is -2.66. The van der Waals surface area contributed by atoms with Crippen LogP contribution in [0.2, 0.25) is 0 Å². The molecule has 1 fully saturated rings. The molecule has 5 nitrogen and oxygen atoms in total. The Morgan fingerprint density at radius 2 is 1.86 bits per heavy atom. The molecule has 0 spiro atoms. The zero-order valence-corrected chi connectivity index (χ0v) is 16.5. The first-order chi connectivity index (χ1) is 13.6. The van der Waals surface area contributed by atoms with E-state index in [4.69, 9.17) is 0 Å². The highest BCUT2D eigenvalue weighted by atomic mass is 16.2. The van der Waals surface area contributed by atoms with Crippen LogP contribution in [-0.4, -0.2) is 36.3 Å². The van der Waals surface area contributed by atoms with Gasteiger partial charge in [-0.25, -0.2) is 0 Å². The Labute approximate surface area is 167 Å². The first-order valence-corrected chi connectivity index (χ1v) is 10.1. The van der Waals surface area contributed by atoms with Gasteiger partial charge in [0.05, 0.1) is 6.54 Å². The molecule has 0 heterocycles. The number of nitrogens with zero attached hydrogens (tertiary/aromatic N) is 1. The molecule has 1 aliphatic carbocycles. The van der Waals surface area contributed by atoms with E-state index in [1.54, 1.807) is 18.2 Å². The number of hydrogen-bond acceptors (Lipinski definition) is 3. The number of anilines is 1. The summed E-state index contributed by atoms with van der Waals surface area (Å²) in [4.78, 5) is 26.9. The van der Waals surface area contributed by atoms with Gasteiger partial charge in [0.25, 0.3) is 5.91 Å². The predicted molar refractivity (Wildman–Crippen MR) is 112 cm³/mol. The zero-order chi connectivity index (χ0) is 19.8. The first kappa shape index (κ1) is 20.1. The third-order valence-corrected chi connectivity index (χ3v) is 5.10. The van der Waals surface area contributed by atoms with Crippen LogP contribution in [0.4, 0.5) is 5.69 Å². The minimum absolute atomic E-state index is 0.0525. The summed E-state index contributed by atoms with van der Waals surface area (Å²) >= 11 is 0. The number of carbonyl (C=O) groups is 2. The van der Waals surface area contributed by atoms with Crippen molar-refractivity contribution >= 4 is 17.5 Å². The highest BCUT2D eigenvalue weighted by Gasteiger charge is 2.22. The standard InChI is InChI=1S/C23H29N3O2/c1-2-24-23(28)20-12-7-13-21(14-20)25-22(27)17-26(16-19-10-6-11-19)15-18-8-4-3-5-9-18/h3-5,7-9,12-14,19H,2,6,10-11,15-17H2,1H3,(H,24,28)(H,25,27). The molecule has 2 amide bonds. The molecule has 5 heteroatoms. The molecule has 2 N–H and O–H groups in total. The molecule has 1 aliphatic rings. The van der Waals surface area contributed by atoms with E-state index in [-0.39, 0.29) is 11.8 Å². The van der Waals surface area contributed by atoms with Gasteiger partial charge < -0.3 is 10.6 Å². The lowest BCUT2D eigenvalue weighted by Gasteiger charge is -2.32. The lowest BCUT2D eigenvalue weighted by molar-refractivity contribution is -0.117. The number of hydrogen-bond donors (Lipinski definition) is 2. The molecule has 0 radical (unpaired) electrons. The van der Waals surface area contributed by atoms with Gasteiger partial charge in [-0.15, -0.1) is 0 Å². The first-order valence-electron chi connectivity index (χ1n) is 10.1. The highest BCUT2D eigenvalue weighted by Crippen LogP contribution is 2.27. The SMILES string of the molecule is CCNC(=O)c1cccc(NC(=O)CN(Cc2ccccc2)CC2CCC2)c1. The molecule has 28 heavy (non-hydrogen) atoms. The van der Waals surface area contributed by atoms with Crippen molar-refractivity contribution in [3.63, 3.8) is 0 Å². The van der Waals surface area contributed by atoms with Gasteiger partial charge in [0, 0.05) is 30.9 Å². The van der Waals surface area contributed by atoms with Gasteiger partial charge in [0.2, 0.25) is 5.91 Å². The minimum atomic E-state index is -0.130. The van der Waals surface area contributed by atoms with Crippen LogP contribution in [0.1, 0.15) is 42.1 Å². The van der Waals surface area contributed by atoms with Crippen molar-refractivity contribution in [1.82, 2.24) is 10.2 Å². The van der Waals surface area contributed by atoms with Crippen LogP contribution in [0.3, 0.4) is 0 Å². The molecule has 1 saturated carbocycles. The largest absolute Gasteiger partial charge is 0.352 e. The van der Waals surface area contributed by atoms with Gasteiger partial charge in [0.1, 0.15) is 0 Å². The molecular formula is C23H29N3O2. The summed E-state index contributed by atoms with van der Waals surface area (Å²) in [6.45, 7) is 4.51. The van der Waals surface area contributed by atoms with Crippen LogP contribution in [0, 0.1) is 5.92 Å². The molecule has 0 saturated heterocycles. The lowest BCUT2D eigenvalue weighted by Crippen LogP contribution is -2.38. The zero-order valence-electron chi connectivity index (χ0n) is 16.5. The summed E-state index contributed by atoms with van der Waals surface area (Å²) in [6.07, 6.45) is 3.80. The topological polar surface area (TPSA) is 61.4 Å². The summed E-state index contributed by atoms with van der Waals surface area (Å²) in [6, 6.07) is 17.3. The van der Waals surface area contributed by atoms with E-state index in [9.17, 15) is 9.59 Å².